The van der Waals surface area contributed by atoms with Crippen LogP contribution in [0.5, 0.6) is 5.75 Å². The standard InChI is InChI=1S/C22H27N3O/c1-25(2)22(20-9-10-20)15-24-14-18-6-4-8-21(12-18)26-16-19-7-3-5-17(11-19)13-23/h3-8,11-12,20,22,24H,9-10,14-16H2,1-2H3. The van der Waals surface area contributed by atoms with Crippen molar-refractivity contribution in [2.75, 3.05) is 20.6 Å². The number of hydrogen-bond acceptors (Lipinski definition) is 4. The van der Waals surface area contributed by atoms with E-state index < -0.39 is 0 Å². The Labute approximate surface area is 156 Å². The Morgan fingerprint density at radius 2 is 1.92 bits per heavy atom. The summed E-state index contributed by atoms with van der Waals surface area (Å²) in [5, 5.41) is 12.6. The molecule has 26 heavy (non-hydrogen) atoms. The van der Waals surface area contributed by atoms with Crippen LogP contribution in [0.3, 0.4) is 0 Å². The zero-order chi connectivity index (χ0) is 18.4. The van der Waals surface area contributed by atoms with Crippen LogP contribution in [-0.2, 0) is 13.2 Å². The first-order valence-corrected chi connectivity index (χ1v) is 9.23. The minimum absolute atomic E-state index is 0.469. The fraction of sp³-hybridized carbons (Fsp3) is 0.409. The third kappa shape index (κ3) is 5.32. The molecule has 2 aromatic rings. The SMILES string of the molecule is CN(C)C(CNCc1cccc(OCc2cccc(C#N)c2)c1)C1CC1. The second-order valence-electron chi connectivity index (χ2n) is 7.25. The molecule has 136 valence electrons. The van der Waals surface area contributed by atoms with Crippen LogP contribution in [0.2, 0.25) is 0 Å². The molecule has 1 fully saturated rings. The highest BCUT2D eigenvalue weighted by Gasteiger charge is 2.31. The molecule has 1 saturated carbocycles. The van der Waals surface area contributed by atoms with Crippen LogP contribution in [0.4, 0.5) is 0 Å². The summed E-state index contributed by atoms with van der Waals surface area (Å²) < 4.78 is 5.90. The molecule has 0 heterocycles. The lowest BCUT2D eigenvalue weighted by Crippen LogP contribution is -2.39. The third-order valence-electron chi connectivity index (χ3n) is 4.87. The summed E-state index contributed by atoms with van der Waals surface area (Å²) in [6, 6.07) is 18.5. The van der Waals surface area contributed by atoms with Gasteiger partial charge in [0, 0.05) is 19.1 Å². The van der Waals surface area contributed by atoms with Crippen LogP contribution in [-0.4, -0.2) is 31.6 Å². The molecule has 1 atom stereocenters. The van der Waals surface area contributed by atoms with E-state index in [0.717, 1.165) is 30.3 Å². The predicted molar refractivity (Wildman–Crippen MR) is 104 cm³/mol. The van der Waals surface area contributed by atoms with Crippen molar-refractivity contribution >= 4 is 0 Å². The first-order chi connectivity index (χ1) is 12.7. The smallest absolute Gasteiger partial charge is 0.120 e. The van der Waals surface area contributed by atoms with E-state index in [2.05, 4.69) is 42.5 Å². The second-order valence-corrected chi connectivity index (χ2v) is 7.25. The second kappa shape index (κ2) is 8.84. The Kier molecular flexibility index (Phi) is 6.27. The monoisotopic (exact) mass is 349 g/mol. The molecule has 4 heteroatoms. The number of likely N-dealkylation sites (N-methyl/N-ethyl adjacent to an activating group) is 1. The van der Waals surface area contributed by atoms with Gasteiger partial charge in [0.25, 0.3) is 0 Å². The molecule has 1 N–H and O–H groups in total. The lowest BCUT2D eigenvalue weighted by atomic mass is 10.1. The molecule has 0 saturated heterocycles. The minimum Gasteiger partial charge on any atom is -0.489 e. The maximum atomic E-state index is 8.98. The molecule has 1 aliphatic carbocycles. The lowest BCUT2D eigenvalue weighted by Gasteiger charge is -2.24. The molecular formula is C22H27N3O. The van der Waals surface area contributed by atoms with Gasteiger partial charge in [0.15, 0.2) is 0 Å². The number of ether oxygens (including phenoxy) is 1. The molecule has 0 amide bonds. The summed E-state index contributed by atoms with van der Waals surface area (Å²) in [5.41, 5.74) is 2.89. The van der Waals surface area contributed by atoms with Crippen LogP contribution in [0.1, 0.15) is 29.5 Å². The predicted octanol–water partition coefficient (Wildman–Crippen LogP) is 3.57. The summed E-state index contributed by atoms with van der Waals surface area (Å²) in [6.07, 6.45) is 2.72. The Morgan fingerprint density at radius 1 is 1.15 bits per heavy atom. The van der Waals surface area contributed by atoms with Crippen molar-refractivity contribution in [1.29, 1.82) is 5.26 Å². The van der Waals surface area contributed by atoms with E-state index >= 15 is 0 Å². The summed E-state index contributed by atoms with van der Waals surface area (Å²) >= 11 is 0. The molecule has 0 aromatic heterocycles. The zero-order valence-corrected chi connectivity index (χ0v) is 15.6. The van der Waals surface area contributed by atoms with Crippen LogP contribution in [0.25, 0.3) is 0 Å². The molecule has 0 spiro atoms. The molecule has 2 aromatic carbocycles. The van der Waals surface area contributed by atoms with Crippen LogP contribution >= 0.6 is 0 Å². The Balaban J connectivity index is 1.50. The number of nitriles is 1. The van der Waals surface area contributed by atoms with E-state index in [9.17, 15) is 0 Å². The van der Waals surface area contributed by atoms with Gasteiger partial charge in [-0.3, -0.25) is 0 Å². The first-order valence-electron chi connectivity index (χ1n) is 9.23. The van der Waals surface area contributed by atoms with E-state index in [1.165, 1.54) is 18.4 Å². The van der Waals surface area contributed by atoms with Gasteiger partial charge in [-0.05, 0) is 68.2 Å². The Hall–Kier alpha value is -2.35. The van der Waals surface area contributed by atoms with E-state index in [1.54, 1.807) is 6.07 Å². The van der Waals surface area contributed by atoms with Gasteiger partial charge in [-0.25, -0.2) is 0 Å². The highest BCUT2D eigenvalue weighted by molar-refractivity contribution is 5.33. The van der Waals surface area contributed by atoms with Gasteiger partial charge in [-0.2, -0.15) is 5.26 Å². The summed E-state index contributed by atoms with van der Waals surface area (Å²) in [5.74, 6) is 1.72. The average Bonchev–Trinajstić information content (AvgIpc) is 3.49. The van der Waals surface area contributed by atoms with Gasteiger partial charge in [-0.15, -0.1) is 0 Å². The highest BCUT2D eigenvalue weighted by atomic mass is 16.5. The van der Waals surface area contributed by atoms with Crippen molar-refractivity contribution in [3.8, 4) is 11.8 Å². The normalized spacial score (nSPS) is 14.8. The van der Waals surface area contributed by atoms with Crippen molar-refractivity contribution in [2.45, 2.75) is 32.0 Å². The van der Waals surface area contributed by atoms with Gasteiger partial charge < -0.3 is 15.0 Å². The lowest BCUT2D eigenvalue weighted by molar-refractivity contribution is 0.255. The van der Waals surface area contributed by atoms with Crippen LogP contribution < -0.4 is 10.1 Å². The highest BCUT2D eigenvalue weighted by Crippen LogP contribution is 2.34. The molecular weight excluding hydrogens is 322 g/mol. The van der Waals surface area contributed by atoms with Crippen molar-refractivity contribution in [2.24, 2.45) is 5.92 Å². The third-order valence-corrected chi connectivity index (χ3v) is 4.87. The Bertz CT molecular complexity index is 760. The van der Waals surface area contributed by atoms with Crippen molar-refractivity contribution in [1.82, 2.24) is 10.2 Å². The number of rotatable bonds is 9. The van der Waals surface area contributed by atoms with Crippen LogP contribution in [0, 0.1) is 17.2 Å². The van der Waals surface area contributed by atoms with E-state index in [0.29, 0.717) is 18.2 Å². The van der Waals surface area contributed by atoms with Crippen molar-refractivity contribution < 1.29 is 4.74 Å². The van der Waals surface area contributed by atoms with E-state index in [4.69, 9.17) is 10.00 Å². The van der Waals surface area contributed by atoms with E-state index in [-0.39, 0.29) is 0 Å². The molecule has 0 aliphatic heterocycles. The summed E-state index contributed by atoms with van der Waals surface area (Å²) in [4.78, 5) is 2.33. The fourth-order valence-corrected chi connectivity index (χ4v) is 3.26. The van der Waals surface area contributed by atoms with Crippen molar-refractivity contribution in [3.05, 3.63) is 65.2 Å². The summed E-state index contributed by atoms with van der Waals surface area (Å²) in [6.45, 7) is 2.33. The van der Waals surface area contributed by atoms with Gasteiger partial charge >= 0.3 is 0 Å². The maximum Gasteiger partial charge on any atom is 0.120 e. The first kappa shape index (κ1) is 18.4. The minimum atomic E-state index is 0.469. The number of nitrogens with zero attached hydrogens (tertiary/aromatic N) is 2. The number of benzene rings is 2. The maximum absolute atomic E-state index is 8.98. The number of hydrogen-bond donors (Lipinski definition) is 1. The number of nitrogens with one attached hydrogen (secondary N) is 1. The van der Waals surface area contributed by atoms with Crippen LogP contribution in [0.15, 0.2) is 48.5 Å². The quantitative estimate of drug-likeness (QED) is 0.752. The topological polar surface area (TPSA) is 48.3 Å². The zero-order valence-electron chi connectivity index (χ0n) is 15.6. The Morgan fingerprint density at radius 3 is 2.65 bits per heavy atom. The molecule has 0 bridgehead atoms. The average molecular weight is 349 g/mol. The van der Waals surface area contributed by atoms with Crippen molar-refractivity contribution in [3.63, 3.8) is 0 Å². The molecule has 1 aliphatic rings. The largest absolute Gasteiger partial charge is 0.489 e. The molecule has 1 unspecified atom stereocenters. The fourth-order valence-electron chi connectivity index (χ4n) is 3.26. The van der Waals surface area contributed by atoms with E-state index in [1.807, 2.05) is 30.3 Å². The van der Waals surface area contributed by atoms with Gasteiger partial charge in [0.05, 0.1) is 11.6 Å². The molecule has 4 nitrogen and oxygen atoms in total. The molecule has 0 radical (unpaired) electrons. The van der Waals surface area contributed by atoms with Gasteiger partial charge in [0.1, 0.15) is 12.4 Å². The van der Waals surface area contributed by atoms with Gasteiger partial charge in [-0.1, -0.05) is 24.3 Å². The molecule has 3 rings (SSSR count). The van der Waals surface area contributed by atoms with Gasteiger partial charge in [0.2, 0.25) is 0 Å². The summed E-state index contributed by atoms with van der Waals surface area (Å²) in [7, 11) is 4.33.